The van der Waals surface area contributed by atoms with Crippen molar-refractivity contribution in [3.63, 3.8) is 0 Å². The van der Waals surface area contributed by atoms with Crippen molar-refractivity contribution in [2.45, 2.75) is 6.42 Å². The van der Waals surface area contributed by atoms with E-state index in [0.29, 0.717) is 5.82 Å². The molecule has 0 atom stereocenters. The highest BCUT2D eigenvalue weighted by Crippen LogP contribution is 2.25. The van der Waals surface area contributed by atoms with Crippen LogP contribution in [0.15, 0.2) is 35.0 Å². The molecular formula is C13H12N4S. The van der Waals surface area contributed by atoms with E-state index in [0.717, 1.165) is 22.9 Å². The molecule has 4 nitrogen and oxygen atoms in total. The maximum absolute atomic E-state index is 5.96. The molecule has 0 unspecified atom stereocenters. The average molecular weight is 256 g/mol. The Morgan fingerprint density at radius 2 is 2.00 bits per heavy atom. The third-order valence-electron chi connectivity index (χ3n) is 2.83. The maximum Gasteiger partial charge on any atom is 0.222 e. The molecule has 1 aromatic carbocycles. The van der Waals surface area contributed by atoms with Gasteiger partial charge in [-0.25, -0.2) is 4.98 Å². The first-order valence-electron chi connectivity index (χ1n) is 5.55. The highest BCUT2D eigenvalue weighted by atomic mass is 32.1. The van der Waals surface area contributed by atoms with Gasteiger partial charge in [-0.05, 0) is 40.4 Å². The zero-order valence-corrected chi connectivity index (χ0v) is 10.4. The Balaban J connectivity index is 2.17. The molecule has 3 rings (SSSR count). The number of hydrogen-bond acceptors (Lipinski definition) is 5. The standard InChI is InChI=1S/C13H12N4S/c14-12-11-9(6-8-4-5-18-7-8)2-1-3-10(11)16-13(15)17-12/h1-5,7H,6H2,(H4,14,15,16,17). The van der Waals surface area contributed by atoms with Crippen LogP contribution in [0.5, 0.6) is 0 Å². The van der Waals surface area contributed by atoms with Gasteiger partial charge in [-0.2, -0.15) is 16.3 Å². The van der Waals surface area contributed by atoms with Crippen molar-refractivity contribution >= 4 is 34.0 Å². The Hall–Kier alpha value is -2.14. The smallest absolute Gasteiger partial charge is 0.222 e. The van der Waals surface area contributed by atoms with E-state index in [1.807, 2.05) is 12.1 Å². The summed E-state index contributed by atoms with van der Waals surface area (Å²) < 4.78 is 0. The molecule has 0 saturated carbocycles. The zero-order chi connectivity index (χ0) is 12.5. The number of anilines is 2. The fourth-order valence-corrected chi connectivity index (χ4v) is 2.73. The average Bonchev–Trinajstić information content (AvgIpc) is 2.81. The first-order valence-corrected chi connectivity index (χ1v) is 6.50. The van der Waals surface area contributed by atoms with Crippen LogP contribution in [0.3, 0.4) is 0 Å². The molecule has 4 N–H and O–H groups in total. The van der Waals surface area contributed by atoms with Gasteiger partial charge in [-0.1, -0.05) is 12.1 Å². The van der Waals surface area contributed by atoms with E-state index in [1.165, 1.54) is 5.56 Å². The molecule has 5 heteroatoms. The van der Waals surface area contributed by atoms with Crippen LogP contribution in [0.2, 0.25) is 0 Å². The van der Waals surface area contributed by atoms with E-state index in [9.17, 15) is 0 Å². The Morgan fingerprint density at radius 3 is 2.78 bits per heavy atom. The highest BCUT2D eigenvalue weighted by molar-refractivity contribution is 7.07. The van der Waals surface area contributed by atoms with Gasteiger partial charge >= 0.3 is 0 Å². The number of nitrogens with two attached hydrogens (primary N) is 2. The van der Waals surface area contributed by atoms with Crippen LogP contribution >= 0.6 is 11.3 Å². The lowest BCUT2D eigenvalue weighted by molar-refractivity contribution is 1.20. The van der Waals surface area contributed by atoms with Crippen molar-refractivity contribution < 1.29 is 0 Å². The van der Waals surface area contributed by atoms with Gasteiger partial charge in [0.2, 0.25) is 5.95 Å². The first-order chi connectivity index (χ1) is 8.74. The Kier molecular flexibility index (Phi) is 2.60. The molecule has 0 aliphatic carbocycles. The summed E-state index contributed by atoms with van der Waals surface area (Å²) >= 11 is 1.69. The van der Waals surface area contributed by atoms with Crippen molar-refractivity contribution in [2.75, 3.05) is 11.5 Å². The van der Waals surface area contributed by atoms with Gasteiger partial charge in [0.1, 0.15) is 5.82 Å². The number of nitrogens with zero attached hydrogens (tertiary/aromatic N) is 2. The Bertz CT molecular complexity index is 692. The molecule has 0 aliphatic rings. The fourth-order valence-electron chi connectivity index (χ4n) is 2.06. The Labute approximate surface area is 108 Å². The lowest BCUT2D eigenvalue weighted by atomic mass is 10.0. The second kappa shape index (κ2) is 4.27. The van der Waals surface area contributed by atoms with E-state index >= 15 is 0 Å². The SMILES string of the molecule is Nc1nc(N)c2c(Cc3ccsc3)cccc2n1. The minimum atomic E-state index is 0.215. The van der Waals surface area contributed by atoms with Crippen molar-refractivity contribution in [1.82, 2.24) is 9.97 Å². The number of nitrogen functional groups attached to an aromatic ring is 2. The minimum absolute atomic E-state index is 0.215. The molecule has 2 aromatic heterocycles. The van der Waals surface area contributed by atoms with Crippen LogP contribution in [0, 0.1) is 0 Å². The lowest BCUT2D eigenvalue weighted by Crippen LogP contribution is -2.02. The topological polar surface area (TPSA) is 77.8 Å². The summed E-state index contributed by atoms with van der Waals surface area (Å²) in [7, 11) is 0. The van der Waals surface area contributed by atoms with E-state index in [-0.39, 0.29) is 5.95 Å². The minimum Gasteiger partial charge on any atom is -0.383 e. The van der Waals surface area contributed by atoms with E-state index in [2.05, 4.69) is 32.9 Å². The van der Waals surface area contributed by atoms with E-state index < -0.39 is 0 Å². The highest BCUT2D eigenvalue weighted by Gasteiger charge is 2.08. The molecule has 18 heavy (non-hydrogen) atoms. The van der Waals surface area contributed by atoms with Crippen molar-refractivity contribution in [1.29, 1.82) is 0 Å². The van der Waals surface area contributed by atoms with Crippen molar-refractivity contribution in [2.24, 2.45) is 0 Å². The number of hydrogen-bond donors (Lipinski definition) is 2. The fraction of sp³-hybridized carbons (Fsp3) is 0.0769. The quantitative estimate of drug-likeness (QED) is 0.738. The molecule has 0 fully saturated rings. The van der Waals surface area contributed by atoms with E-state index in [1.54, 1.807) is 11.3 Å². The number of thiophene rings is 1. The summed E-state index contributed by atoms with van der Waals surface area (Å²) in [6.45, 7) is 0. The molecule has 0 saturated heterocycles. The first kappa shape index (κ1) is 11.0. The molecule has 3 aromatic rings. The molecule has 0 radical (unpaired) electrons. The summed E-state index contributed by atoms with van der Waals surface area (Å²) in [5.41, 5.74) is 14.8. The number of rotatable bonds is 2. The van der Waals surface area contributed by atoms with Crippen LogP contribution in [0.25, 0.3) is 10.9 Å². The molecule has 0 aliphatic heterocycles. The van der Waals surface area contributed by atoms with Gasteiger partial charge < -0.3 is 11.5 Å². The largest absolute Gasteiger partial charge is 0.383 e. The van der Waals surface area contributed by atoms with Crippen LogP contribution in [-0.2, 0) is 6.42 Å². The van der Waals surface area contributed by atoms with Crippen LogP contribution in [0.1, 0.15) is 11.1 Å². The van der Waals surface area contributed by atoms with Gasteiger partial charge in [-0.15, -0.1) is 0 Å². The molecule has 0 spiro atoms. The second-order valence-corrected chi connectivity index (χ2v) is 4.87. The predicted octanol–water partition coefficient (Wildman–Crippen LogP) is 2.45. The van der Waals surface area contributed by atoms with Crippen LogP contribution in [0.4, 0.5) is 11.8 Å². The molecule has 0 bridgehead atoms. The lowest BCUT2D eigenvalue weighted by Gasteiger charge is -2.07. The molecule has 90 valence electrons. The second-order valence-electron chi connectivity index (χ2n) is 4.09. The number of aromatic nitrogens is 2. The van der Waals surface area contributed by atoms with Crippen LogP contribution in [-0.4, -0.2) is 9.97 Å². The summed E-state index contributed by atoms with van der Waals surface area (Å²) in [5, 5.41) is 5.10. The van der Waals surface area contributed by atoms with Crippen LogP contribution < -0.4 is 11.5 Å². The van der Waals surface area contributed by atoms with Gasteiger partial charge in [0.05, 0.1) is 5.52 Å². The number of fused-ring (bicyclic) bond motifs is 1. The Morgan fingerprint density at radius 1 is 1.11 bits per heavy atom. The third-order valence-corrected chi connectivity index (χ3v) is 3.56. The summed E-state index contributed by atoms with van der Waals surface area (Å²) in [6, 6.07) is 8.03. The van der Waals surface area contributed by atoms with E-state index in [4.69, 9.17) is 11.5 Å². The summed E-state index contributed by atoms with van der Waals surface area (Å²) in [6.07, 6.45) is 0.832. The maximum atomic E-state index is 5.96. The normalized spacial score (nSPS) is 10.9. The molecule has 0 amide bonds. The predicted molar refractivity (Wildman–Crippen MR) is 75.5 cm³/mol. The van der Waals surface area contributed by atoms with Gasteiger partial charge in [0, 0.05) is 5.39 Å². The third kappa shape index (κ3) is 1.89. The van der Waals surface area contributed by atoms with Crippen molar-refractivity contribution in [3.05, 3.63) is 46.2 Å². The number of benzene rings is 1. The zero-order valence-electron chi connectivity index (χ0n) is 9.63. The summed E-state index contributed by atoms with van der Waals surface area (Å²) in [4.78, 5) is 8.25. The summed E-state index contributed by atoms with van der Waals surface area (Å²) in [5.74, 6) is 0.663. The van der Waals surface area contributed by atoms with Gasteiger partial charge in [-0.3, -0.25) is 0 Å². The van der Waals surface area contributed by atoms with Gasteiger partial charge in [0.25, 0.3) is 0 Å². The van der Waals surface area contributed by atoms with Gasteiger partial charge in [0.15, 0.2) is 0 Å². The monoisotopic (exact) mass is 256 g/mol. The molecule has 2 heterocycles. The van der Waals surface area contributed by atoms with Crippen molar-refractivity contribution in [3.8, 4) is 0 Å². The molecular weight excluding hydrogens is 244 g/mol.